The minimum absolute atomic E-state index is 0.194. The lowest BCUT2D eigenvalue weighted by atomic mass is 10.0. The van der Waals surface area contributed by atoms with Crippen LogP contribution in [-0.4, -0.2) is 17.3 Å². The molecule has 0 radical (unpaired) electrons. The van der Waals surface area contributed by atoms with Crippen molar-refractivity contribution >= 4 is 35.0 Å². The maximum Gasteiger partial charge on any atom is 0.257 e. The molecule has 5 heteroatoms. The first kappa shape index (κ1) is 18.5. The Balaban J connectivity index is 1.85. The minimum Gasteiger partial charge on any atom is -0.358 e. The Bertz CT molecular complexity index is 694. The number of benzene rings is 2. The first-order valence-electron chi connectivity index (χ1n) is 7.81. The number of thioether (sulfide) groups is 1. The van der Waals surface area contributed by atoms with Gasteiger partial charge in [-0.05, 0) is 59.8 Å². The number of nitrogens with one attached hydrogen (secondary N) is 2. The first-order valence-corrected chi connectivity index (χ1v) is 9.45. The Hall–Kier alpha value is -1.85. The maximum absolute atomic E-state index is 12.2. The molecule has 2 aromatic carbocycles. The van der Waals surface area contributed by atoms with Crippen LogP contribution >= 0.6 is 24.0 Å². The molecule has 1 amide bonds. The largest absolute Gasteiger partial charge is 0.358 e. The fourth-order valence-electron chi connectivity index (χ4n) is 2.16. The molecule has 0 atom stereocenters. The summed E-state index contributed by atoms with van der Waals surface area (Å²) in [7, 11) is 0. The lowest BCUT2D eigenvalue weighted by Gasteiger charge is -2.11. The van der Waals surface area contributed by atoms with Crippen LogP contribution in [0.15, 0.2) is 53.4 Å². The summed E-state index contributed by atoms with van der Waals surface area (Å²) in [6.45, 7) is 4.83. The molecule has 126 valence electrons. The molecule has 0 fully saturated rings. The van der Waals surface area contributed by atoms with Gasteiger partial charge in [0.1, 0.15) is 0 Å². The Labute approximate surface area is 153 Å². The zero-order valence-electron chi connectivity index (χ0n) is 14.1. The highest BCUT2D eigenvalue weighted by Gasteiger charge is 2.08. The maximum atomic E-state index is 12.2. The quantitative estimate of drug-likeness (QED) is 0.616. The molecular formula is C19H22N2OS2. The summed E-state index contributed by atoms with van der Waals surface area (Å²) in [4.78, 5) is 13.4. The van der Waals surface area contributed by atoms with Crippen molar-refractivity contribution in [2.75, 3.05) is 6.26 Å². The van der Waals surface area contributed by atoms with Gasteiger partial charge in [0.25, 0.3) is 5.91 Å². The zero-order valence-corrected chi connectivity index (χ0v) is 15.8. The van der Waals surface area contributed by atoms with Crippen LogP contribution in [0.1, 0.15) is 41.3 Å². The third-order valence-electron chi connectivity index (χ3n) is 3.68. The highest BCUT2D eigenvalue weighted by Crippen LogP contribution is 2.15. The van der Waals surface area contributed by atoms with Gasteiger partial charge in [0.15, 0.2) is 5.11 Å². The van der Waals surface area contributed by atoms with E-state index in [-0.39, 0.29) is 5.91 Å². The minimum atomic E-state index is -0.194. The Morgan fingerprint density at radius 1 is 1.08 bits per heavy atom. The molecule has 24 heavy (non-hydrogen) atoms. The second kappa shape index (κ2) is 8.85. The molecule has 2 rings (SSSR count). The summed E-state index contributed by atoms with van der Waals surface area (Å²) in [5.41, 5.74) is 2.93. The second-order valence-corrected chi connectivity index (χ2v) is 7.05. The normalized spacial score (nSPS) is 10.5. The van der Waals surface area contributed by atoms with Crippen molar-refractivity contribution in [3.05, 3.63) is 65.2 Å². The predicted molar refractivity (Wildman–Crippen MR) is 106 cm³/mol. The smallest absolute Gasteiger partial charge is 0.257 e. The second-order valence-electron chi connectivity index (χ2n) is 5.76. The van der Waals surface area contributed by atoms with E-state index in [9.17, 15) is 4.79 Å². The summed E-state index contributed by atoms with van der Waals surface area (Å²) >= 11 is 6.91. The molecule has 2 aromatic rings. The third-order valence-corrected chi connectivity index (χ3v) is 4.67. The molecule has 3 nitrogen and oxygen atoms in total. The summed E-state index contributed by atoms with van der Waals surface area (Å²) in [5, 5.41) is 6.11. The van der Waals surface area contributed by atoms with Crippen molar-refractivity contribution in [2.24, 2.45) is 0 Å². The Morgan fingerprint density at radius 2 is 1.71 bits per heavy atom. The molecule has 0 saturated heterocycles. The van der Waals surface area contributed by atoms with E-state index in [1.807, 2.05) is 42.7 Å². The van der Waals surface area contributed by atoms with E-state index in [1.54, 1.807) is 11.8 Å². The molecule has 0 bridgehead atoms. The summed E-state index contributed by atoms with van der Waals surface area (Å²) in [6.07, 6.45) is 2.05. The van der Waals surface area contributed by atoms with Crippen LogP contribution in [-0.2, 0) is 6.54 Å². The molecular weight excluding hydrogens is 336 g/mol. The van der Waals surface area contributed by atoms with Gasteiger partial charge in [0.2, 0.25) is 0 Å². The van der Waals surface area contributed by atoms with Gasteiger partial charge in [-0.3, -0.25) is 10.1 Å². The summed E-state index contributed by atoms with van der Waals surface area (Å²) in [6, 6.07) is 15.8. The van der Waals surface area contributed by atoms with Gasteiger partial charge < -0.3 is 5.32 Å². The average molecular weight is 359 g/mol. The molecule has 0 aliphatic heterocycles. The Kier molecular flexibility index (Phi) is 6.82. The van der Waals surface area contributed by atoms with Crippen molar-refractivity contribution in [1.82, 2.24) is 10.6 Å². The van der Waals surface area contributed by atoms with E-state index in [1.165, 1.54) is 10.5 Å². The SMILES string of the molecule is CSc1ccc(CNC(=S)NC(=O)c2ccc(C(C)C)cc2)cc1. The van der Waals surface area contributed by atoms with Gasteiger partial charge in [-0.15, -0.1) is 11.8 Å². The van der Waals surface area contributed by atoms with E-state index < -0.39 is 0 Å². The number of thiocarbonyl (C=S) groups is 1. The van der Waals surface area contributed by atoms with Crippen LogP contribution < -0.4 is 10.6 Å². The lowest BCUT2D eigenvalue weighted by molar-refractivity contribution is 0.0976. The number of carbonyl (C=O) groups excluding carboxylic acids is 1. The van der Waals surface area contributed by atoms with E-state index in [0.717, 1.165) is 5.56 Å². The molecule has 0 aliphatic rings. The van der Waals surface area contributed by atoms with Crippen molar-refractivity contribution < 1.29 is 4.79 Å². The van der Waals surface area contributed by atoms with Crippen LogP contribution in [0.2, 0.25) is 0 Å². The van der Waals surface area contributed by atoms with Crippen molar-refractivity contribution in [1.29, 1.82) is 0 Å². The number of rotatable bonds is 5. The fourth-order valence-corrected chi connectivity index (χ4v) is 2.74. The molecule has 0 saturated carbocycles. The summed E-state index contributed by atoms with van der Waals surface area (Å²) < 4.78 is 0. The molecule has 0 spiro atoms. The van der Waals surface area contributed by atoms with Crippen LogP contribution in [0.4, 0.5) is 0 Å². The standard InChI is InChI=1S/C19H22N2OS2/c1-13(2)15-6-8-16(9-7-15)18(22)21-19(23)20-12-14-4-10-17(24-3)11-5-14/h4-11,13H,12H2,1-3H3,(H2,20,21,22,23). The van der Waals surface area contributed by atoms with E-state index in [2.05, 4.69) is 36.6 Å². The molecule has 0 unspecified atom stereocenters. The monoisotopic (exact) mass is 358 g/mol. The van der Waals surface area contributed by atoms with Gasteiger partial charge in [-0.1, -0.05) is 38.1 Å². The highest BCUT2D eigenvalue weighted by molar-refractivity contribution is 7.98. The van der Waals surface area contributed by atoms with Crippen LogP contribution in [0.5, 0.6) is 0 Å². The van der Waals surface area contributed by atoms with Gasteiger partial charge in [-0.2, -0.15) is 0 Å². The van der Waals surface area contributed by atoms with E-state index in [4.69, 9.17) is 12.2 Å². The van der Waals surface area contributed by atoms with Gasteiger partial charge in [-0.25, -0.2) is 0 Å². The van der Waals surface area contributed by atoms with Crippen LogP contribution in [0.3, 0.4) is 0 Å². The molecule has 0 heterocycles. The number of hydrogen-bond donors (Lipinski definition) is 2. The predicted octanol–water partition coefficient (Wildman–Crippen LogP) is 4.34. The number of carbonyl (C=O) groups is 1. The Morgan fingerprint density at radius 3 is 2.25 bits per heavy atom. The van der Waals surface area contributed by atoms with E-state index in [0.29, 0.717) is 23.1 Å². The van der Waals surface area contributed by atoms with Crippen LogP contribution in [0.25, 0.3) is 0 Å². The van der Waals surface area contributed by atoms with Crippen molar-refractivity contribution in [3.63, 3.8) is 0 Å². The fraction of sp³-hybridized carbons (Fsp3) is 0.263. The summed E-state index contributed by atoms with van der Waals surface area (Å²) in [5.74, 6) is 0.253. The molecule has 0 aliphatic carbocycles. The van der Waals surface area contributed by atoms with Gasteiger partial charge in [0.05, 0.1) is 0 Å². The van der Waals surface area contributed by atoms with Gasteiger partial charge >= 0.3 is 0 Å². The van der Waals surface area contributed by atoms with Crippen LogP contribution in [0, 0.1) is 0 Å². The average Bonchev–Trinajstić information content (AvgIpc) is 2.60. The third kappa shape index (κ3) is 5.35. The number of amides is 1. The molecule has 2 N–H and O–H groups in total. The highest BCUT2D eigenvalue weighted by atomic mass is 32.2. The van der Waals surface area contributed by atoms with Crippen molar-refractivity contribution in [3.8, 4) is 0 Å². The first-order chi connectivity index (χ1) is 11.5. The van der Waals surface area contributed by atoms with E-state index >= 15 is 0 Å². The topological polar surface area (TPSA) is 41.1 Å². The van der Waals surface area contributed by atoms with Gasteiger partial charge in [0, 0.05) is 17.0 Å². The lowest BCUT2D eigenvalue weighted by Crippen LogP contribution is -2.38. The molecule has 0 aromatic heterocycles. The number of hydrogen-bond acceptors (Lipinski definition) is 3. The zero-order chi connectivity index (χ0) is 17.5. The van der Waals surface area contributed by atoms with Crippen molar-refractivity contribution in [2.45, 2.75) is 31.2 Å².